The number of aromatic nitrogens is 3. The highest BCUT2D eigenvalue weighted by atomic mass is 35.5. The minimum absolute atomic E-state index is 0.409. The zero-order valence-corrected chi connectivity index (χ0v) is 10.1. The lowest BCUT2D eigenvalue weighted by molar-refractivity contribution is 0.221. The van der Waals surface area contributed by atoms with Crippen molar-refractivity contribution in [3.8, 4) is 0 Å². The third kappa shape index (κ3) is 1.85. The van der Waals surface area contributed by atoms with Crippen molar-refractivity contribution in [3.63, 3.8) is 0 Å². The van der Waals surface area contributed by atoms with Crippen LogP contribution < -0.4 is 0 Å². The number of pyridine rings is 2. The minimum atomic E-state index is -0.743. The van der Waals surface area contributed by atoms with E-state index in [0.717, 1.165) is 16.6 Å². The van der Waals surface area contributed by atoms with Crippen LogP contribution in [0.1, 0.15) is 17.2 Å². The minimum Gasteiger partial charge on any atom is -0.384 e. The van der Waals surface area contributed by atoms with Crippen LogP contribution in [0.3, 0.4) is 0 Å². The van der Waals surface area contributed by atoms with E-state index in [0.29, 0.717) is 10.7 Å². The number of nitrogens with one attached hydrogen (secondary N) is 1. The summed E-state index contributed by atoms with van der Waals surface area (Å²) >= 11 is 5.73. The molecule has 0 radical (unpaired) electrons. The summed E-state index contributed by atoms with van der Waals surface area (Å²) < 4.78 is 0. The maximum atomic E-state index is 10.3. The number of H-pyrrole nitrogens is 1. The first-order valence-corrected chi connectivity index (χ1v) is 5.85. The highest BCUT2D eigenvalue weighted by Crippen LogP contribution is 2.27. The Morgan fingerprint density at radius 2 is 2.11 bits per heavy atom. The van der Waals surface area contributed by atoms with Crippen LogP contribution >= 0.6 is 11.6 Å². The summed E-state index contributed by atoms with van der Waals surface area (Å²) in [6, 6.07) is 7.18. The molecule has 0 aliphatic heterocycles. The summed E-state index contributed by atoms with van der Waals surface area (Å²) in [5, 5.41) is 11.7. The number of halogens is 1. The molecule has 0 aromatic carbocycles. The molecule has 18 heavy (non-hydrogen) atoms. The van der Waals surface area contributed by atoms with Crippen LogP contribution in [0.15, 0.2) is 42.9 Å². The van der Waals surface area contributed by atoms with Gasteiger partial charge in [-0.15, -0.1) is 0 Å². The Morgan fingerprint density at radius 3 is 2.89 bits per heavy atom. The number of aromatic amines is 1. The van der Waals surface area contributed by atoms with Crippen LogP contribution in [-0.4, -0.2) is 20.1 Å². The monoisotopic (exact) mass is 259 g/mol. The number of nitrogens with zero attached hydrogens (tertiary/aromatic N) is 2. The first kappa shape index (κ1) is 11.2. The molecule has 0 aliphatic rings. The molecular weight excluding hydrogens is 250 g/mol. The zero-order valence-electron chi connectivity index (χ0n) is 9.34. The maximum absolute atomic E-state index is 10.3. The molecular formula is C13H10ClN3O. The molecule has 2 N–H and O–H groups in total. The summed E-state index contributed by atoms with van der Waals surface area (Å²) in [7, 11) is 0. The van der Waals surface area contributed by atoms with E-state index in [2.05, 4.69) is 15.0 Å². The quantitative estimate of drug-likeness (QED) is 0.696. The predicted molar refractivity (Wildman–Crippen MR) is 69.4 cm³/mol. The summed E-state index contributed by atoms with van der Waals surface area (Å²) in [4.78, 5) is 11.2. The number of hydrogen-bond donors (Lipinski definition) is 2. The van der Waals surface area contributed by atoms with E-state index in [1.807, 2.05) is 12.1 Å². The molecule has 3 heterocycles. The van der Waals surface area contributed by atoms with Gasteiger partial charge in [0.15, 0.2) is 0 Å². The van der Waals surface area contributed by atoms with Crippen LogP contribution in [0.4, 0.5) is 0 Å². The molecule has 90 valence electrons. The van der Waals surface area contributed by atoms with Gasteiger partial charge in [-0.1, -0.05) is 17.7 Å². The highest BCUT2D eigenvalue weighted by molar-refractivity contribution is 6.29. The standard InChI is InChI=1S/C13H10ClN3O/c14-11-4-3-8(6-16-11)12(18)10-7-17-13-9(10)2-1-5-15-13/h1-7,12,18H,(H,15,17). The first-order valence-electron chi connectivity index (χ1n) is 5.47. The smallest absolute Gasteiger partial charge is 0.137 e. The van der Waals surface area contributed by atoms with E-state index in [4.69, 9.17) is 11.6 Å². The zero-order chi connectivity index (χ0) is 12.5. The lowest BCUT2D eigenvalue weighted by atomic mass is 10.0. The lowest BCUT2D eigenvalue weighted by Gasteiger charge is -2.09. The van der Waals surface area contributed by atoms with Crippen molar-refractivity contribution in [2.75, 3.05) is 0 Å². The fraction of sp³-hybridized carbons (Fsp3) is 0.0769. The van der Waals surface area contributed by atoms with Crippen LogP contribution in [0, 0.1) is 0 Å². The Kier molecular flexibility index (Phi) is 2.74. The van der Waals surface area contributed by atoms with Gasteiger partial charge >= 0.3 is 0 Å². The number of rotatable bonds is 2. The van der Waals surface area contributed by atoms with Gasteiger partial charge in [-0.2, -0.15) is 0 Å². The van der Waals surface area contributed by atoms with Gasteiger partial charge in [-0.25, -0.2) is 9.97 Å². The Hall–Kier alpha value is -1.91. The van der Waals surface area contributed by atoms with Gasteiger partial charge in [0, 0.05) is 35.1 Å². The van der Waals surface area contributed by atoms with E-state index < -0.39 is 6.10 Å². The van der Waals surface area contributed by atoms with Gasteiger partial charge in [-0.05, 0) is 18.2 Å². The maximum Gasteiger partial charge on any atom is 0.137 e. The second-order valence-electron chi connectivity index (χ2n) is 3.96. The van der Waals surface area contributed by atoms with Gasteiger partial charge < -0.3 is 10.1 Å². The van der Waals surface area contributed by atoms with Crippen molar-refractivity contribution in [3.05, 3.63) is 59.1 Å². The van der Waals surface area contributed by atoms with Crippen LogP contribution in [0.5, 0.6) is 0 Å². The number of aliphatic hydroxyl groups excluding tert-OH is 1. The number of hydrogen-bond acceptors (Lipinski definition) is 3. The van der Waals surface area contributed by atoms with Crippen LogP contribution in [-0.2, 0) is 0 Å². The number of fused-ring (bicyclic) bond motifs is 1. The van der Waals surface area contributed by atoms with Crippen LogP contribution in [0.2, 0.25) is 5.15 Å². The van der Waals surface area contributed by atoms with Crippen molar-refractivity contribution in [2.24, 2.45) is 0 Å². The molecule has 0 saturated carbocycles. The van der Waals surface area contributed by atoms with Crippen molar-refractivity contribution in [2.45, 2.75) is 6.10 Å². The summed E-state index contributed by atoms with van der Waals surface area (Å²) in [6.07, 6.45) is 4.30. The normalized spacial score (nSPS) is 12.8. The second kappa shape index (κ2) is 4.40. The molecule has 0 spiro atoms. The fourth-order valence-corrected chi connectivity index (χ4v) is 2.04. The Balaban J connectivity index is 2.06. The molecule has 0 aliphatic carbocycles. The summed E-state index contributed by atoms with van der Waals surface area (Å²) in [6.45, 7) is 0. The second-order valence-corrected chi connectivity index (χ2v) is 4.35. The largest absolute Gasteiger partial charge is 0.384 e. The third-order valence-corrected chi connectivity index (χ3v) is 3.07. The van der Waals surface area contributed by atoms with Gasteiger partial charge in [0.1, 0.15) is 16.9 Å². The van der Waals surface area contributed by atoms with Gasteiger partial charge in [-0.3, -0.25) is 0 Å². The first-order chi connectivity index (χ1) is 8.75. The van der Waals surface area contributed by atoms with Crippen molar-refractivity contribution < 1.29 is 5.11 Å². The topological polar surface area (TPSA) is 61.8 Å². The average molecular weight is 260 g/mol. The van der Waals surface area contributed by atoms with Crippen molar-refractivity contribution in [1.82, 2.24) is 15.0 Å². The summed E-state index contributed by atoms with van der Waals surface area (Å²) in [5.74, 6) is 0. The molecule has 5 heteroatoms. The lowest BCUT2D eigenvalue weighted by Crippen LogP contribution is -1.99. The number of aliphatic hydroxyl groups is 1. The molecule has 3 aromatic rings. The van der Waals surface area contributed by atoms with E-state index in [-0.39, 0.29) is 0 Å². The average Bonchev–Trinajstić information content (AvgIpc) is 2.82. The Bertz CT molecular complexity index is 678. The van der Waals surface area contributed by atoms with Crippen molar-refractivity contribution >= 4 is 22.6 Å². The highest BCUT2D eigenvalue weighted by Gasteiger charge is 2.15. The molecule has 3 aromatic heterocycles. The van der Waals surface area contributed by atoms with Gasteiger partial charge in [0.2, 0.25) is 0 Å². The molecule has 0 bridgehead atoms. The van der Waals surface area contributed by atoms with Crippen LogP contribution in [0.25, 0.3) is 11.0 Å². The molecule has 0 amide bonds. The molecule has 4 nitrogen and oxygen atoms in total. The molecule has 0 fully saturated rings. The molecule has 1 atom stereocenters. The van der Waals surface area contributed by atoms with E-state index in [9.17, 15) is 5.11 Å². The molecule has 0 saturated heterocycles. The SMILES string of the molecule is OC(c1ccc(Cl)nc1)c1c[nH]c2ncccc12. The van der Waals surface area contributed by atoms with Gasteiger partial charge in [0.05, 0.1) is 0 Å². The molecule has 1 unspecified atom stereocenters. The van der Waals surface area contributed by atoms with E-state index >= 15 is 0 Å². The van der Waals surface area contributed by atoms with E-state index in [1.54, 1.807) is 30.7 Å². The van der Waals surface area contributed by atoms with E-state index in [1.165, 1.54) is 0 Å². The fourth-order valence-electron chi connectivity index (χ4n) is 1.93. The van der Waals surface area contributed by atoms with Crippen molar-refractivity contribution in [1.29, 1.82) is 0 Å². The molecule has 3 rings (SSSR count). The van der Waals surface area contributed by atoms with Gasteiger partial charge in [0.25, 0.3) is 0 Å². The Labute approximate surface area is 108 Å². The summed E-state index contributed by atoms with van der Waals surface area (Å²) in [5.41, 5.74) is 2.24. The Morgan fingerprint density at radius 1 is 1.22 bits per heavy atom. The third-order valence-electron chi connectivity index (χ3n) is 2.84. The predicted octanol–water partition coefficient (Wildman–Crippen LogP) is 2.69.